The van der Waals surface area contributed by atoms with Crippen molar-refractivity contribution >= 4 is 15.9 Å². The number of aryl methyl sites for hydroxylation is 2. The summed E-state index contributed by atoms with van der Waals surface area (Å²) >= 11 is 3.47. The van der Waals surface area contributed by atoms with Crippen LogP contribution in [-0.4, -0.2) is 16.3 Å². The van der Waals surface area contributed by atoms with E-state index in [1.807, 2.05) is 24.7 Å². The van der Waals surface area contributed by atoms with Crippen molar-refractivity contribution in [3.63, 3.8) is 0 Å². The molecule has 114 valence electrons. The van der Waals surface area contributed by atoms with E-state index in [1.54, 1.807) is 0 Å². The summed E-state index contributed by atoms with van der Waals surface area (Å²) in [5.41, 5.74) is 3.25. The molecule has 0 fully saturated rings. The van der Waals surface area contributed by atoms with E-state index in [0.717, 1.165) is 40.8 Å². The Hall–Kier alpha value is -1.20. The van der Waals surface area contributed by atoms with Gasteiger partial charge in [-0.3, -0.25) is 4.68 Å². The molecule has 0 radical (unpaired) electrons. The van der Waals surface area contributed by atoms with Gasteiger partial charge in [0.15, 0.2) is 0 Å². The van der Waals surface area contributed by atoms with Crippen molar-refractivity contribution in [1.82, 2.24) is 15.1 Å². The third-order valence-corrected chi connectivity index (χ3v) is 4.18. The molecule has 1 aromatic heterocycles. The summed E-state index contributed by atoms with van der Waals surface area (Å²) in [5.74, 6) is -0.226. The van der Waals surface area contributed by atoms with E-state index in [-0.39, 0.29) is 11.9 Å². The van der Waals surface area contributed by atoms with Gasteiger partial charge in [0.05, 0.1) is 5.69 Å². The summed E-state index contributed by atoms with van der Waals surface area (Å²) in [4.78, 5) is 0. The van der Waals surface area contributed by atoms with Gasteiger partial charge >= 0.3 is 0 Å². The molecule has 1 N–H and O–H groups in total. The fraction of sp³-hybridized carbons (Fsp3) is 0.438. The molecule has 0 aliphatic heterocycles. The molecule has 0 bridgehead atoms. The van der Waals surface area contributed by atoms with Crippen LogP contribution < -0.4 is 5.32 Å². The maximum atomic E-state index is 13.3. The van der Waals surface area contributed by atoms with E-state index >= 15 is 0 Å². The lowest BCUT2D eigenvalue weighted by molar-refractivity contribution is 0.509. The second kappa shape index (κ2) is 7.18. The van der Waals surface area contributed by atoms with E-state index in [9.17, 15) is 4.39 Å². The average Bonchev–Trinajstić information content (AvgIpc) is 2.73. The van der Waals surface area contributed by atoms with Crippen molar-refractivity contribution in [2.75, 3.05) is 6.54 Å². The van der Waals surface area contributed by atoms with Crippen molar-refractivity contribution < 1.29 is 4.39 Å². The van der Waals surface area contributed by atoms with Gasteiger partial charge in [0.25, 0.3) is 0 Å². The van der Waals surface area contributed by atoms with Gasteiger partial charge in [-0.1, -0.05) is 28.9 Å². The fourth-order valence-corrected chi connectivity index (χ4v) is 3.09. The summed E-state index contributed by atoms with van der Waals surface area (Å²) in [7, 11) is 1.96. The molecule has 1 heterocycles. The first kappa shape index (κ1) is 16.2. The van der Waals surface area contributed by atoms with Gasteiger partial charge < -0.3 is 5.32 Å². The van der Waals surface area contributed by atoms with Gasteiger partial charge in [0.1, 0.15) is 5.82 Å². The van der Waals surface area contributed by atoms with Gasteiger partial charge in [0.2, 0.25) is 0 Å². The highest BCUT2D eigenvalue weighted by Crippen LogP contribution is 2.27. The van der Waals surface area contributed by atoms with Crippen LogP contribution in [0, 0.1) is 12.7 Å². The Morgan fingerprint density at radius 3 is 2.71 bits per heavy atom. The molecule has 0 amide bonds. The van der Waals surface area contributed by atoms with Crippen molar-refractivity contribution in [2.24, 2.45) is 7.05 Å². The minimum atomic E-state index is -0.226. The number of aromatic nitrogens is 2. The molecule has 3 nitrogen and oxygen atoms in total. The number of nitrogens with one attached hydrogen (secondary N) is 1. The van der Waals surface area contributed by atoms with Crippen LogP contribution in [0.5, 0.6) is 0 Å². The Bertz CT molecular complexity index is 610. The van der Waals surface area contributed by atoms with Gasteiger partial charge in [-0.2, -0.15) is 5.10 Å². The third kappa shape index (κ3) is 4.14. The Morgan fingerprint density at radius 2 is 2.14 bits per heavy atom. The highest BCUT2D eigenvalue weighted by atomic mass is 79.9. The molecule has 0 aliphatic carbocycles. The van der Waals surface area contributed by atoms with Crippen molar-refractivity contribution in [3.8, 4) is 0 Å². The maximum Gasteiger partial charge on any atom is 0.124 e. The summed E-state index contributed by atoms with van der Waals surface area (Å²) in [6.07, 6.45) is 1.88. The zero-order valence-electron chi connectivity index (χ0n) is 12.7. The van der Waals surface area contributed by atoms with Crippen molar-refractivity contribution in [1.29, 1.82) is 0 Å². The first-order valence-corrected chi connectivity index (χ1v) is 7.98. The highest BCUT2D eigenvalue weighted by molar-refractivity contribution is 9.10. The van der Waals surface area contributed by atoms with Crippen LogP contribution >= 0.6 is 15.9 Å². The van der Waals surface area contributed by atoms with Crippen molar-refractivity contribution in [3.05, 3.63) is 51.5 Å². The molecule has 0 spiro atoms. The fourth-order valence-electron chi connectivity index (χ4n) is 2.46. The lowest BCUT2D eigenvalue weighted by Crippen LogP contribution is -2.25. The maximum absolute atomic E-state index is 13.3. The van der Waals surface area contributed by atoms with E-state index in [4.69, 9.17) is 0 Å². The number of hydrogen-bond acceptors (Lipinski definition) is 2. The Kier molecular flexibility index (Phi) is 5.53. The standard InChI is InChI=1S/C16H21BrFN3/c1-4-7-19-16(10-13-8-11(2)20-21(13)3)14-6-5-12(18)9-15(14)17/h5-6,8-9,16,19H,4,7,10H2,1-3H3. The first-order chi connectivity index (χ1) is 10.0. The van der Waals surface area contributed by atoms with Crippen LogP contribution in [0.25, 0.3) is 0 Å². The van der Waals surface area contributed by atoms with Crippen LogP contribution in [-0.2, 0) is 13.5 Å². The SMILES string of the molecule is CCCNC(Cc1cc(C)nn1C)c1ccc(F)cc1Br. The molecular formula is C16H21BrFN3. The molecule has 1 atom stereocenters. The molecular weight excluding hydrogens is 333 g/mol. The van der Waals surface area contributed by atoms with Crippen LogP contribution in [0.15, 0.2) is 28.7 Å². The van der Waals surface area contributed by atoms with Gasteiger partial charge in [-0.25, -0.2) is 4.39 Å². The second-order valence-electron chi connectivity index (χ2n) is 5.28. The summed E-state index contributed by atoms with van der Waals surface area (Å²) in [6.45, 7) is 5.05. The zero-order chi connectivity index (χ0) is 15.4. The van der Waals surface area contributed by atoms with E-state index in [1.165, 1.54) is 12.1 Å². The largest absolute Gasteiger partial charge is 0.310 e. The van der Waals surface area contributed by atoms with Gasteiger partial charge in [-0.05, 0) is 43.7 Å². The molecule has 0 saturated heterocycles. The lowest BCUT2D eigenvalue weighted by Gasteiger charge is -2.20. The third-order valence-electron chi connectivity index (χ3n) is 3.49. The highest BCUT2D eigenvalue weighted by Gasteiger charge is 2.17. The van der Waals surface area contributed by atoms with Crippen LogP contribution in [0.2, 0.25) is 0 Å². The van der Waals surface area contributed by atoms with Gasteiger partial charge in [-0.15, -0.1) is 0 Å². The topological polar surface area (TPSA) is 29.9 Å². The minimum Gasteiger partial charge on any atom is -0.310 e. The molecule has 5 heteroatoms. The van der Waals surface area contributed by atoms with E-state index in [0.29, 0.717) is 0 Å². The van der Waals surface area contributed by atoms with Gasteiger partial charge in [0, 0.05) is 29.7 Å². The molecule has 2 aromatic rings. The Morgan fingerprint density at radius 1 is 1.38 bits per heavy atom. The predicted molar refractivity (Wildman–Crippen MR) is 86.8 cm³/mol. The number of benzene rings is 1. The molecule has 0 aliphatic rings. The number of rotatable bonds is 6. The molecule has 1 unspecified atom stereocenters. The van der Waals surface area contributed by atoms with Crippen LogP contribution in [0.3, 0.4) is 0 Å². The van der Waals surface area contributed by atoms with Crippen molar-refractivity contribution in [2.45, 2.75) is 32.7 Å². The number of hydrogen-bond donors (Lipinski definition) is 1. The number of halogens is 2. The molecule has 1 aromatic carbocycles. The Balaban J connectivity index is 2.27. The van der Waals surface area contributed by atoms with E-state index < -0.39 is 0 Å². The first-order valence-electron chi connectivity index (χ1n) is 7.19. The second-order valence-corrected chi connectivity index (χ2v) is 6.13. The van der Waals surface area contributed by atoms with Crippen LogP contribution in [0.4, 0.5) is 4.39 Å². The minimum absolute atomic E-state index is 0.134. The number of nitrogens with zero attached hydrogens (tertiary/aromatic N) is 2. The van der Waals surface area contributed by atoms with Crippen LogP contribution in [0.1, 0.15) is 36.3 Å². The Labute approximate surface area is 133 Å². The normalized spacial score (nSPS) is 12.6. The quantitative estimate of drug-likeness (QED) is 0.852. The average molecular weight is 354 g/mol. The summed E-state index contributed by atoms with van der Waals surface area (Å²) < 4.78 is 16.0. The zero-order valence-corrected chi connectivity index (χ0v) is 14.2. The monoisotopic (exact) mass is 353 g/mol. The predicted octanol–water partition coefficient (Wildman–Crippen LogP) is 3.91. The molecule has 2 rings (SSSR count). The smallest absolute Gasteiger partial charge is 0.124 e. The molecule has 21 heavy (non-hydrogen) atoms. The molecule has 0 saturated carbocycles. The van der Waals surface area contributed by atoms with E-state index in [2.05, 4.69) is 39.3 Å². The lowest BCUT2D eigenvalue weighted by atomic mass is 10.0. The summed E-state index contributed by atoms with van der Waals surface area (Å²) in [5, 5.41) is 7.93. The summed E-state index contributed by atoms with van der Waals surface area (Å²) in [6, 6.07) is 7.10.